The number of carbonyl (C=O) groups excluding carboxylic acids is 1. The fourth-order valence-electron chi connectivity index (χ4n) is 2.13. The van der Waals surface area contributed by atoms with Gasteiger partial charge in [-0.25, -0.2) is 0 Å². The SMILES string of the molecule is CC(C)NC(=O)/C(C#N)=C\N(c1ccccc1)c1ccc(N)cc1. The van der Waals surface area contributed by atoms with E-state index in [1.54, 1.807) is 23.2 Å². The van der Waals surface area contributed by atoms with E-state index >= 15 is 0 Å². The fraction of sp³-hybridized carbons (Fsp3) is 0.158. The molecule has 0 fully saturated rings. The molecule has 0 saturated heterocycles. The predicted octanol–water partition coefficient (Wildman–Crippen LogP) is 3.34. The number of nitrogens with two attached hydrogens (primary N) is 1. The predicted molar refractivity (Wildman–Crippen MR) is 96.4 cm³/mol. The van der Waals surface area contributed by atoms with Crippen LogP contribution in [0.3, 0.4) is 0 Å². The van der Waals surface area contributed by atoms with Crippen LogP contribution in [0.15, 0.2) is 66.4 Å². The molecule has 0 unspecified atom stereocenters. The summed E-state index contributed by atoms with van der Waals surface area (Å²) in [7, 11) is 0. The van der Waals surface area contributed by atoms with Gasteiger partial charge in [-0.15, -0.1) is 0 Å². The fourth-order valence-corrected chi connectivity index (χ4v) is 2.13. The lowest BCUT2D eigenvalue weighted by molar-refractivity contribution is -0.117. The Morgan fingerprint density at radius 2 is 1.71 bits per heavy atom. The van der Waals surface area contributed by atoms with Gasteiger partial charge >= 0.3 is 0 Å². The molecule has 1 amide bonds. The molecule has 2 aromatic rings. The summed E-state index contributed by atoms with van der Waals surface area (Å²) >= 11 is 0. The quantitative estimate of drug-likeness (QED) is 0.503. The molecule has 5 heteroatoms. The van der Waals surface area contributed by atoms with Crippen molar-refractivity contribution in [2.45, 2.75) is 19.9 Å². The van der Waals surface area contributed by atoms with Gasteiger partial charge in [0, 0.05) is 29.3 Å². The van der Waals surface area contributed by atoms with E-state index < -0.39 is 5.91 Å². The van der Waals surface area contributed by atoms with Crippen LogP contribution in [0, 0.1) is 11.3 Å². The van der Waals surface area contributed by atoms with Gasteiger partial charge in [0.1, 0.15) is 11.6 Å². The van der Waals surface area contributed by atoms with E-state index in [9.17, 15) is 10.1 Å². The van der Waals surface area contributed by atoms with Gasteiger partial charge in [0.05, 0.1) is 0 Å². The van der Waals surface area contributed by atoms with Gasteiger partial charge in [-0.3, -0.25) is 4.79 Å². The molecule has 0 aliphatic heterocycles. The van der Waals surface area contributed by atoms with E-state index in [2.05, 4.69) is 5.32 Å². The molecular weight excluding hydrogens is 300 g/mol. The van der Waals surface area contributed by atoms with Crippen molar-refractivity contribution in [3.05, 3.63) is 66.4 Å². The van der Waals surface area contributed by atoms with E-state index in [1.807, 2.05) is 62.4 Å². The molecule has 2 aromatic carbocycles. The number of rotatable bonds is 5. The van der Waals surface area contributed by atoms with Gasteiger partial charge in [-0.1, -0.05) is 18.2 Å². The van der Waals surface area contributed by atoms with Crippen LogP contribution in [-0.2, 0) is 4.79 Å². The zero-order valence-corrected chi connectivity index (χ0v) is 13.7. The van der Waals surface area contributed by atoms with Gasteiger partial charge in [0.2, 0.25) is 0 Å². The smallest absolute Gasteiger partial charge is 0.263 e. The van der Waals surface area contributed by atoms with Crippen LogP contribution >= 0.6 is 0 Å². The van der Waals surface area contributed by atoms with E-state index in [0.717, 1.165) is 11.4 Å². The molecule has 0 aliphatic carbocycles. The van der Waals surface area contributed by atoms with Gasteiger partial charge in [-0.05, 0) is 50.2 Å². The molecule has 0 radical (unpaired) electrons. The molecule has 0 spiro atoms. The van der Waals surface area contributed by atoms with Gasteiger partial charge in [0.15, 0.2) is 0 Å². The lowest BCUT2D eigenvalue weighted by Crippen LogP contribution is -2.31. The lowest BCUT2D eigenvalue weighted by atomic mass is 10.2. The number of amides is 1. The minimum Gasteiger partial charge on any atom is -0.399 e. The third-order valence-electron chi connectivity index (χ3n) is 3.25. The van der Waals surface area contributed by atoms with E-state index in [0.29, 0.717) is 5.69 Å². The third-order valence-corrected chi connectivity index (χ3v) is 3.25. The summed E-state index contributed by atoms with van der Waals surface area (Å²) in [6, 6.07) is 18.7. The van der Waals surface area contributed by atoms with Crippen LogP contribution in [0.5, 0.6) is 0 Å². The van der Waals surface area contributed by atoms with Crippen LogP contribution in [-0.4, -0.2) is 11.9 Å². The number of anilines is 3. The van der Waals surface area contributed by atoms with Crippen molar-refractivity contribution in [3.8, 4) is 6.07 Å². The Morgan fingerprint density at radius 1 is 1.12 bits per heavy atom. The summed E-state index contributed by atoms with van der Waals surface area (Å²) in [6.07, 6.45) is 1.54. The lowest BCUT2D eigenvalue weighted by Gasteiger charge is -2.21. The van der Waals surface area contributed by atoms with Crippen LogP contribution < -0.4 is 16.0 Å². The summed E-state index contributed by atoms with van der Waals surface area (Å²) in [5.74, 6) is -0.399. The van der Waals surface area contributed by atoms with Crippen LogP contribution in [0.1, 0.15) is 13.8 Å². The van der Waals surface area contributed by atoms with Gasteiger partial charge < -0.3 is 16.0 Å². The second-order valence-electron chi connectivity index (χ2n) is 5.58. The van der Waals surface area contributed by atoms with E-state index in [-0.39, 0.29) is 11.6 Å². The molecule has 5 nitrogen and oxygen atoms in total. The average Bonchev–Trinajstić information content (AvgIpc) is 2.57. The van der Waals surface area contributed by atoms with Gasteiger partial charge in [0.25, 0.3) is 5.91 Å². The minimum atomic E-state index is -0.399. The number of para-hydroxylation sites is 1. The van der Waals surface area contributed by atoms with Crippen LogP contribution in [0.4, 0.5) is 17.1 Å². The minimum absolute atomic E-state index is 0.0318. The Balaban J connectivity index is 2.46. The first-order valence-electron chi connectivity index (χ1n) is 7.64. The molecule has 0 saturated carbocycles. The van der Waals surface area contributed by atoms with Crippen LogP contribution in [0.2, 0.25) is 0 Å². The molecule has 3 N–H and O–H groups in total. The van der Waals surface area contributed by atoms with Crippen molar-refractivity contribution < 1.29 is 4.79 Å². The highest BCUT2D eigenvalue weighted by molar-refractivity contribution is 5.98. The monoisotopic (exact) mass is 320 g/mol. The second kappa shape index (κ2) is 7.84. The molecule has 24 heavy (non-hydrogen) atoms. The Hall–Kier alpha value is -3.26. The number of nitrogens with zero attached hydrogens (tertiary/aromatic N) is 2. The zero-order valence-electron chi connectivity index (χ0n) is 13.7. The van der Waals surface area contributed by atoms with Gasteiger partial charge in [-0.2, -0.15) is 5.26 Å². The van der Waals surface area contributed by atoms with Crippen molar-refractivity contribution in [1.82, 2.24) is 5.32 Å². The molecule has 0 aromatic heterocycles. The first kappa shape index (κ1) is 17.1. The number of carbonyl (C=O) groups is 1. The Bertz CT molecular complexity index is 758. The highest BCUT2D eigenvalue weighted by Crippen LogP contribution is 2.27. The molecule has 0 atom stereocenters. The normalized spacial score (nSPS) is 11.0. The van der Waals surface area contributed by atoms with E-state index in [1.165, 1.54) is 0 Å². The molecule has 122 valence electrons. The highest BCUT2D eigenvalue weighted by atomic mass is 16.1. The molecule has 0 aliphatic rings. The van der Waals surface area contributed by atoms with Crippen molar-refractivity contribution in [3.63, 3.8) is 0 Å². The second-order valence-corrected chi connectivity index (χ2v) is 5.58. The third kappa shape index (κ3) is 4.37. The summed E-state index contributed by atoms with van der Waals surface area (Å²) < 4.78 is 0. The zero-order chi connectivity index (χ0) is 17.5. The first-order valence-corrected chi connectivity index (χ1v) is 7.64. The first-order chi connectivity index (χ1) is 11.5. The van der Waals surface area contributed by atoms with E-state index in [4.69, 9.17) is 5.73 Å². The van der Waals surface area contributed by atoms with Crippen molar-refractivity contribution in [1.29, 1.82) is 5.26 Å². The average molecular weight is 320 g/mol. The molecule has 0 bridgehead atoms. The van der Waals surface area contributed by atoms with Crippen LogP contribution in [0.25, 0.3) is 0 Å². The Kier molecular flexibility index (Phi) is 5.58. The number of nitrogens with one attached hydrogen (secondary N) is 1. The standard InChI is InChI=1S/C19H20N4O/c1-14(2)22-19(24)15(12-20)13-23(17-6-4-3-5-7-17)18-10-8-16(21)9-11-18/h3-11,13-14H,21H2,1-2H3,(H,22,24)/b15-13-. The van der Waals surface area contributed by atoms with Crippen molar-refractivity contribution in [2.24, 2.45) is 0 Å². The maximum Gasteiger partial charge on any atom is 0.263 e. The summed E-state index contributed by atoms with van der Waals surface area (Å²) in [5, 5.41) is 12.1. The number of nitriles is 1. The topological polar surface area (TPSA) is 82.2 Å². The van der Waals surface area contributed by atoms with Crippen molar-refractivity contribution >= 4 is 23.0 Å². The summed E-state index contributed by atoms with van der Waals surface area (Å²) in [4.78, 5) is 14.0. The maximum atomic E-state index is 12.2. The number of nitrogen functional groups attached to an aromatic ring is 1. The molecule has 0 heterocycles. The number of hydrogen-bond donors (Lipinski definition) is 2. The Labute approximate surface area is 142 Å². The largest absolute Gasteiger partial charge is 0.399 e. The van der Waals surface area contributed by atoms with Crippen molar-refractivity contribution in [2.75, 3.05) is 10.6 Å². The summed E-state index contributed by atoms with van der Waals surface area (Å²) in [5.41, 5.74) is 8.07. The molecule has 2 rings (SSSR count). The summed E-state index contributed by atoms with van der Waals surface area (Å²) in [6.45, 7) is 3.70. The number of hydrogen-bond acceptors (Lipinski definition) is 4. The Morgan fingerprint density at radius 3 is 2.25 bits per heavy atom. The molecular formula is C19H20N4O. The highest BCUT2D eigenvalue weighted by Gasteiger charge is 2.14. The number of benzene rings is 2. The maximum absolute atomic E-state index is 12.2.